The van der Waals surface area contributed by atoms with E-state index in [0.717, 1.165) is 10.8 Å². The number of halogens is 1. The van der Waals surface area contributed by atoms with Gasteiger partial charge in [-0.1, -0.05) is 121 Å². The highest BCUT2D eigenvalue weighted by atomic mass is 35.5. The number of aliphatic hydroxyl groups excluding tert-OH is 1. The van der Waals surface area contributed by atoms with Gasteiger partial charge in [-0.25, -0.2) is 4.98 Å². The molecule has 1 aliphatic heterocycles. The molecule has 109 heavy (non-hydrogen) atoms. The number of carbonyl (C=O) groups excluding carboxylic acids is 11. The van der Waals surface area contributed by atoms with Gasteiger partial charge >= 0.3 is 0 Å². The van der Waals surface area contributed by atoms with Crippen molar-refractivity contribution in [2.45, 2.75) is 119 Å². The van der Waals surface area contributed by atoms with E-state index < -0.39 is 133 Å². The minimum Gasteiger partial charge on any atom is -0.508 e. The second-order valence-corrected chi connectivity index (χ2v) is 27.2. The first kappa shape index (κ1) is 77.3. The molecule has 564 valence electrons. The molecule has 11 rings (SSSR count). The van der Waals surface area contributed by atoms with Crippen molar-refractivity contribution >= 4 is 109 Å². The van der Waals surface area contributed by atoms with Gasteiger partial charge in [-0.15, -0.1) is 0 Å². The van der Waals surface area contributed by atoms with Crippen molar-refractivity contribution in [2.75, 3.05) is 19.7 Å². The number of benzene rings is 6. The number of hydrogen-bond donors (Lipinski definition) is 15. The fraction of sp³-hybridized carbons (Fsp3) is 0.278. The Balaban J connectivity index is 0.857. The molecule has 6 aromatic carbocycles. The van der Waals surface area contributed by atoms with Gasteiger partial charge in [0.15, 0.2) is 0 Å². The molecule has 16 N–H and O–H groups in total. The number of fused-ring (bicyclic) bond motifs is 3. The Morgan fingerprint density at radius 1 is 0.505 bits per heavy atom. The lowest BCUT2D eigenvalue weighted by Gasteiger charge is -2.30. The number of amides is 11. The summed E-state index contributed by atoms with van der Waals surface area (Å²) in [5, 5.41) is 49.4. The molecule has 4 aromatic heterocycles. The van der Waals surface area contributed by atoms with Crippen LogP contribution in [0.4, 0.5) is 0 Å². The second-order valence-electron chi connectivity index (χ2n) is 26.8. The third kappa shape index (κ3) is 20.9. The fourth-order valence-corrected chi connectivity index (χ4v) is 13.5. The molecule has 29 nitrogen and oxygen atoms in total. The van der Waals surface area contributed by atoms with Crippen molar-refractivity contribution in [3.63, 3.8) is 0 Å². The van der Waals surface area contributed by atoms with Crippen LogP contribution in [0.2, 0.25) is 5.02 Å². The predicted octanol–water partition coefficient (Wildman–Crippen LogP) is 2.76. The summed E-state index contributed by atoms with van der Waals surface area (Å²) in [6.07, 6.45) is 8.42. The molecule has 1 fully saturated rings. The number of nitrogens with one attached hydrogen (secondary N) is 12. The number of aliphatic hydroxyl groups is 1. The zero-order valence-electron chi connectivity index (χ0n) is 59.3. The van der Waals surface area contributed by atoms with Gasteiger partial charge in [0, 0.05) is 122 Å². The average molecular weight is 1500 g/mol. The number of phenols is 1. The highest BCUT2D eigenvalue weighted by Gasteiger charge is 2.40. The number of para-hydroxylation sites is 2. The van der Waals surface area contributed by atoms with Gasteiger partial charge in [-0.3, -0.25) is 57.7 Å². The summed E-state index contributed by atoms with van der Waals surface area (Å²) in [4.78, 5) is 177. The zero-order valence-corrected chi connectivity index (χ0v) is 60.0. The van der Waals surface area contributed by atoms with E-state index in [1.165, 1.54) is 48.9 Å². The summed E-state index contributed by atoms with van der Waals surface area (Å²) < 4.78 is 0. The largest absolute Gasteiger partial charge is 0.508 e. The van der Waals surface area contributed by atoms with Gasteiger partial charge in [0.2, 0.25) is 65.0 Å². The number of aromatic nitrogens is 5. The number of aromatic hydroxyl groups is 1. The third-order valence-corrected chi connectivity index (χ3v) is 19.1. The molecule has 0 aliphatic carbocycles. The molecule has 9 atom stereocenters. The predicted molar refractivity (Wildman–Crippen MR) is 404 cm³/mol. The van der Waals surface area contributed by atoms with E-state index in [1.807, 2.05) is 66.7 Å². The molecular formula is C79H83ClN16O13. The van der Waals surface area contributed by atoms with Crippen LogP contribution in [0.15, 0.2) is 189 Å². The molecule has 11 amide bonds. The number of carbonyl (C=O) groups is 11. The van der Waals surface area contributed by atoms with Gasteiger partial charge in [0.25, 0.3) is 0 Å². The van der Waals surface area contributed by atoms with Gasteiger partial charge in [-0.2, -0.15) is 0 Å². The van der Waals surface area contributed by atoms with Crippen LogP contribution in [0.1, 0.15) is 58.8 Å². The highest BCUT2D eigenvalue weighted by molar-refractivity contribution is 6.30. The summed E-state index contributed by atoms with van der Waals surface area (Å²) in [6, 6.07) is 30.3. The summed E-state index contributed by atoms with van der Waals surface area (Å²) in [7, 11) is 0. The number of primary amides is 1. The number of aromatic amines is 3. The van der Waals surface area contributed by atoms with Crippen LogP contribution in [0.25, 0.3) is 32.6 Å². The lowest BCUT2D eigenvalue weighted by molar-refractivity contribution is -0.142. The molecule has 1 aliphatic rings. The van der Waals surface area contributed by atoms with Crippen LogP contribution in [0, 0.1) is 0 Å². The first-order valence-electron chi connectivity index (χ1n) is 35.4. The Hall–Kier alpha value is -12.8. The maximum absolute atomic E-state index is 15.5. The minimum atomic E-state index is -1.83. The standard InChI is InChI=1S/C79H83ClN16O13/c1-45(98)88-61(33-48-18-23-50-11-2-3-12-51(50)30-48)71(101)89-62(31-46-19-24-54(80)25-20-46)72(102)90-63(34-49-10-8-28-82-38-49)73(103)95-68(43-97)77(107)93-66(37-55-41-83-44-87-55)76(106)92-64(35-52-39-84-59-15-6-4-13-57(52)59)74(104)91-65(36-53-40-85-60-16-7-5-14-58(53)60)75(105)94-67(32-47-21-26-56(99)27-22-47)79(109)96-29-9-17-69(96)78(108)86-42-70(81)100/h2-8,10-16,18-28,30,38-41,44,61-69,84-85,97,99H,9,17,29,31-37,42-43H2,1H3,(H2,81,100)(H,83,87)(H,86,108)(H,88,98)(H,89,101)(H,90,102)(H,91,104)(H,92,106)(H,93,107)(H,94,105)(H,95,103)/t61-,62-,63-,64-,65+,66+,67+,68+,69+/m1/s1. The van der Waals surface area contributed by atoms with Gasteiger partial charge in [-0.05, 0) is 99.5 Å². The van der Waals surface area contributed by atoms with E-state index >= 15 is 14.4 Å². The summed E-state index contributed by atoms with van der Waals surface area (Å²) in [5.74, 6) is -9.06. The summed E-state index contributed by atoms with van der Waals surface area (Å²) in [5.41, 5.74) is 10.4. The maximum atomic E-state index is 15.5. The van der Waals surface area contributed by atoms with Crippen molar-refractivity contribution in [1.82, 2.24) is 77.7 Å². The number of imidazole rings is 1. The van der Waals surface area contributed by atoms with E-state index in [1.54, 1.807) is 85.2 Å². The van der Waals surface area contributed by atoms with Gasteiger partial charge in [0.1, 0.15) is 60.1 Å². The minimum absolute atomic E-state index is 0.0355. The third-order valence-electron chi connectivity index (χ3n) is 18.9. The first-order chi connectivity index (χ1) is 52.6. The number of nitrogens with zero attached hydrogens (tertiary/aromatic N) is 3. The van der Waals surface area contributed by atoms with Crippen LogP contribution in [0.5, 0.6) is 5.75 Å². The number of likely N-dealkylation sites (tertiary alicyclic amines) is 1. The van der Waals surface area contributed by atoms with Crippen molar-refractivity contribution in [1.29, 1.82) is 0 Å². The summed E-state index contributed by atoms with van der Waals surface area (Å²) >= 11 is 6.26. The molecule has 10 aromatic rings. The topological polar surface area (TPSA) is 439 Å². The number of pyridine rings is 1. The first-order valence-corrected chi connectivity index (χ1v) is 35.8. The van der Waals surface area contributed by atoms with Crippen molar-refractivity contribution < 1.29 is 63.0 Å². The fourth-order valence-electron chi connectivity index (χ4n) is 13.3. The van der Waals surface area contributed by atoms with Crippen LogP contribution < -0.4 is 53.6 Å². The van der Waals surface area contributed by atoms with E-state index in [4.69, 9.17) is 17.3 Å². The molecule has 0 bridgehead atoms. The lowest BCUT2D eigenvalue weighted by Crippen LogP contribution is -2.62. The maximum Gasteiger partial charge on any atom is 0.246 e. The molecule has 1 saturated heterocycles. The van der Waals surface area contributed by atoms with Crippen LogP contribution in [-0.2, 0) is 97.7 Å². The van der Waals surface area contributed by atoms with Crippen molar-refractivity contribution in [2.24, 2.45) is 5.73 Å². The van der Waals surface area contributed by atoms with Crippen LogP contribution in [0.3, 0.4) is 0 Å². The number of hydrogen-bond acceptors (Lipinski definition) is 15. The molecule has 0 spiro atoms. The number of nitrogens with two attached hydrogens (primary N) is 1. The normalized spacial score (nSPS) is 14.9. The summed E-state index contributed by atoms with van der Waals surface area (Å²) in [6.45, 7) is -0.166. The number of H-pyrrole nitrogens is 3. The van der Waals surface area contributed by atoms with Crippen LogP contribution in [-0.4, -0.2) is 179 Å². The second kappa shape index (κ2) is 36.5. The monoisotopic (exact) mass is 1500 g/mol. The molecule has 5 heterocycles. The molecular weight excluding hydrogens is 1420 g/mol. The number of rotatable bonds is 34. The Morgan fingerprint density at radius 2 is 0.982 bits per heavy atom. The SMILES string of the molecule is CC(=O)N[C@H](Cc1ccc2ccccc2c1)C(=O)N[C@H](Cc1ccc(Cl)cc1)C(=O)N[C@H](Cc1cccnc1)C(=O)N[C@@H](CO)C(=O)N[C@@H](Cc1cnc[nH]1)C(=O)N[C@H](Cc1c[nH]c2ccccc12)C(=O)N[C@@H](Cc1c[nH]c2ccccc12)C(=O)N[C@@H](Cc1ccc(O)cc1)C(=O)N1CCC[C@H]1C(=O)NCC(N)=O. The van der Waals surface area contributed by atoms with E-state index in [0.29, 0.717) is 72.3 Å². The van der Waals surface area contributed by atoms with Gasteiger partial charge in [0.05, 0.1) is 19.5 Å². The van der Waals surface area contributed by atoms with Crippen molar-refractivity contribution in [3.05, 3.63) is 233 Å². The van der Waals surface area contributed by atoms with E-state index in [2.05, 4.69) is 72.8 Å². The van der Waals surface area contributed by atoms with Crippen molar-refractivity contribution in [3.8, 4) is 5.75 Å². The molecule has 0 radical (unpaired) electrons. The average Bonchev–Trinajstić information content (AvgIpc) is 1.71. The van der Waals surface area contributed by atoms with Crippen LogP contribution >= 0.6 is 11.6 Å². The lowest BCUT2D eigenvalue weighted by atomic mass is 9.99. The Kier molecular flexibility index (Phi) is 25.9. The number of phenolic OH excluding ortho intramolecular Hbond substituents is 1. The molecule has 0 unspecified atom stereocenters. The van der Waals surface area contributed by atoms with E-state index in [-0.39, 0.29) is 63.7 Å². The molecule has 0 saturated carbocycles. The van der Waals surface area contributed by atoms with E-state index in [9.17, 15) is 48.6 Å². The Bertz CT molecular complexity index is 4920. The zero-order chi connectivity index (χ0) is 77.1. The van der Waals surface area contributed by atoms with Gasteiger partial charge < -0.3 is 83.6 Å². The Labute approximate surface area is 630 Å². The quantitative estimate of drug-likeness (QED) is 0.0276. The smallest absolute Gasteiger partial charge is 0.246 e. The highest BCUT2D eigenvalue weighted by Crippen LogP contribution is 2.25. The molecule has 30 heteroatoms. The Morgan fingerprint density at radius 3 is 1.52 bits per heavy atom.